The maximum Gasteiger partial charge on any atom is 0.253 e. The largest absolute Gasteiger partial charge is 0.372 e. The molecule has 1 rings (SSSR count). The minimum atomic E-state index is -0.519. The van der Waals surface area contributed by atoms with Crippen LogP contribution in [0.3, 0.4) is 0 Å². The maximum atomic E-state index is 11.6. The Bertz CT molecular complexity index is 446. The van der Waals surface area contributed by atoms with Crippen LogP contribution in [0.5, 0.6) is 0 Å². The van der Waals surface area contributed by atoms with Crippen molar-refractivity contribution in [1.29, 1.82) is 5.26 Å². The molecular formula is C11H14N2O2S. The number of nitrogens with zero attached hydrogens (tertiary/aromatic N) is 1. The van der Waals surface area contributed by atoms with E-state index in [1.54, 1.807) is 6.92 Å². The molecule has 86 valence electrons. The molecule has 0 saturated heterocycles. The lowest BCUT2D eigenvalue weighted by atomic mass is 10.2. The standard InChI is InChI=1S/C11H14N2O2S/c1-6-8(3)16-11(9(6)5-12)13-10(14)7(2)15-4/h7H,1-4H3,(H,13,14). The van der Waals surface area contributed by atoms with Crippen molar-refractivity contribution in [3.8, 4) is 6.07 Å². The van der Waals surface area contributed by atoms with Crippen LogP contribution in [0, 0.1) is 25.2 Å². The number of ether oxygens (including phenoxy) is 1. The number of thiophene rings is 1. The molecule has 1 N–H and O–H groups in total. The summed E-state index contributed by atoms with van der Waals surface area (Å²) < 4.78 is 4.90. The quantitative estimate of drug-likeness (QED) is 0.878. The molecule has 1 atom stereocenters. The number of anilines is 1. The number of amides is 1. The first-order chi connectivity index (χ1) is 7.51. The van der Waals surface area contributed by atoms with Gasteiger partial charge in [0.2, 0.25) is 0 Å². The normalized spacial score (nSPS) is 11.9. The summed E-state index contributed by atoms with van der Waals surface area (Å²) >= 11 is 1.41. The summed E-state index contributed by atoms with van der Waals surface area (Å²) in [5, 5.41) is 12.3. The van der Waals surface area contributed by atoms with Crippen LogP contribution in [0.2, 0.25) is 0 Å². The van der Waals surface area contributed by atoms with Crippen LogP contribution in [-0.4, -0.2) is 19.1 Å². The van der Waals surface area contributed by atoms with Gasteiger partial charge in [0.25, 0.3) is 5.91 Å². The van der Waals surface area contributed by atoms with E-state index in [9.17, 15) is 4.79 Å². The molecule has 1 aromatic heterocycles. The van der Waals surface area contributed by atoms with Crippen LogP contribution < -0.4 is 5.32 Å². The molecule has 0 aliphatic rings. The van der Waals surface area contributed by atoms with Crippen LogP contribution in [0.4, 0.5) is 5.00 Å². The highest BCUT2D eigenvalue weighted by atomic mass is 32.1. The topological polar surface area (TPSA) is 62.1 Å². The Labute approximate surface area is 98.8 Å². The molecule has 1 amide bonds. The number of nitriles is 1. The second-order valence-corrected chi connectivity index (χ2v) is 4.69. The number of methoxy groups -OCH3 is 1. The van der Waals surface area contributed by atoms with Gasteiger partial charge >= 0.3 is 0 Å². The Morgan fingerprint density at radius 3 is 2.69 bits per heavy atom. The summed E-state index contributed by atoms with van der Waals surface area (Å²) in [5.41, 5.74) is 1.46. The number of hydrogen-bond acceptors (Lipinski definition) is 4. The number of nitrogens with one attached hydrogen (secondary N) is 1. The van der Waals surface area contributed by atoms with Gasteiger partial charge in [-0.05, 0) is 26.3 Å². The number of rotatable bonds is 3. The summed E-state index contributed by atoms with van der Waals surface area (Å²) in [7, 11) is 1.47. The van der Waals surface area contributed by atoms with Crippen LogP contribution >= 0.6 is 11.3 Å². The van der Waals surface area contributed by atoms with Gasteiger partial charge < -0.3 is 10.1 Å². The number of carbonyl (C=O) groups is 1. The van der Waals surface area contributed by atoms with Crippen molar-refractivity contribution in [1.82, 2.24) is 0 Å². The average Bonchev–Trinajstić information content (AvgIpc) is 2.53. The van der Waals surface area contributed by atoms with E-state index in [1.807, 2.05) is 13.8 Å². The zero-order valence-electron chi connectivity index (χ0n) is 9.75. The SMILES string of the molecule is COC(C)C(=O)Nc1sc(C)c(C)c1C#N. The Morgan fingerprint density at radius 2 is 2.19 bits per heavy atom. The van der Waals surface area contributed by atoms with E-state index in [4.69, 9.17) is 10.00 Å². The van der Waals surface area contributed by atoms with Crippen molar-refractivity contribution in [2.24, 2.45) is 0 Å². The van der Waals surface area contributed by atoms with Gasteiger partial charge in [-0.25, -0.2) is 0 Å². The van der Waals surface area contributed by atoms with Crippen molar-refractivity contribution in [3.05, 3.63) is 16.0 Å². The smallest absolute Gasteiger partial charge is 0.253 e. The monoisotopic (exact) mass is 238 g/mol. The van der Waals surface area contributed by atoms with Gasteiger partial charge in [-0.1, -0.05) is 0 Å². The molecule has 0 aliphatic carbocycles. The number of carbonyl (C=O) groups excluding carboxylic acids is 1. The molecule has 0 radical (unpaired) electrons. The average molecular weight is 238 g/mol. The molecule has 0 saturated carbocycles. The zero-order chi connectivity index (χ0) is 12.3. The van der Waals surface area contributed by atoms with E-state index in [0.717, 1.165) is 10.4 Å². The van der Waals surface area contributed by atoms with Gasteiger partial charge in [0.1, 0.15) is 17.2 Å². The lowest BCUT2D eigenvalue weighted by Gasteiger charge is -2.08. The molecule has 0 fully saturated rings. The predicted molar refractivity (Wildman–Crippen MR) is 63.6 cm³/mol. The molecule has 1 unspecified atom stereocenters. The first-order valence-electron chi connectivity index (χ1n) is 4.85. The van der Waals surface area contributed by atoms with Gasteiger partial charge in [-0.3, -0.25) is 4.79 Å². The maximum absolute atomic E-state index is 11.6. The van der Waals surface area contributed by atoms with E-state index in [-0.39, 0.29) is 5.91 Å². The Kier molecular flexibility index (Phi) is 4.05. The van der Waals surface area contributed by atoms with Crippen LogP contribution in [-0.2, 0) is 9.53 Å². The highest BCUT2D eigenvalue weighted by molar-refractivity contribution is 7.16. The van der Waals surface area contributed by atoms with E-state index >= 15 is 0 Å². The molecule has 1 aromatic rings. The molecule has 16 heavy (non-hydrogen) atoms. The van der Waals surface area contributed by atoms with Crippen LogP contribution in [0.1, 0.15) is 22.9 Å². The van der Waals surface area contributed by atoms with Crippen molar-refractivity contribution in [2.45, 2.75) is 26.9 Å². The van der Waals surface area contributed by atoms with Gasteiger partial charge in [0, 0.05) is 12.0 Å². The molecule has 0 aromatic carbocycles. The van der Waals surface area contributed by atoms with E-state index in [0.29, 0.717) is 10.6 Å². The lowest BCUT2D eigenvalue weighted by molar-refractivity contribution is -0.124. The third kappa shape index (κ3) is 2.40. The number of hydrogen-bond donors (Lipinski definition) is 1. The van der Waals surface area contributed by atoms with E-state index < -0.39 is 6.10 Å². The Morgan fingerprint density at radius 1 is 1.56 bits per heavy atom. The third-order valence-corrected chi connectivity index (χ3v) is 3.58. The van der Waals surface area contributed by atoms with Crippen molar-refractivity contribution >= 4 is 22.2 Å². The van der Waals surface area contributed by atoms with Crippen molar-refractivity contribution in [3.63, 3.8) is 0 Å². The van der Waals surface area contributed by atoms with E-state index in [1.165, 1.54) is 18.4 Å². The molecule has 1 heterocycles. The fraction of sp³-hybridized carbons (Fsp3) is 0.455. The predicted octanol–water partition coefficient (Wildman–Crippen LogP) is 2.21. The molecule has 0 bridgehead atoms. The second-order valence-electron chi connectivity index (χ2n) is 3.47. The van der Waals surface area contributed by atoms with E-state index in [2.05, 4.69) is 11.4 Å². The molecule has 4 nitrogen and oxygen atoms in total. The first-order valence-corrected chi connectivity index (χ1v) is 5.66. The van der Waals surface area contributed by atoms with Crippen LogP contribution in [0.25, 0.3) is 0 Å². The van der Waals surface area contributed by atoms with Gasteiger partial charge in [0.05, 0.1) is 5.56 Å². The first kappa shape index (κ1) is 12.7. The summed E-state index contributed by atoms with van der Waals surface area (Å²) in [6.07, 6.45) is -0.519. The lowest BCUT2D eigenvalue weighted by Crippen LogP contribution is -2.26. The number of aryl methyl sites for hydroxylation is 1. The van der Waals surface area contributed by atoms with Gasteiger partial charge in [0.15, 0.2) is 0 Å². The fourth-order valence-corrected chi connectivity index (χ4v) is 2.18. The van der Waals surface area contributed by atoms with Crippen LogP contribution in [0.15, 0.2) is 0 Å². The minimum absolute atomic E-state index is 0.236. The highest BCUT2D eigenvalue weighted by Gasteiger charge is 2.17. The zero-order valence-corrected chi connectivity index (χ0v) is 10.6. The van der Waals surface area contributed by atoms with Gasteiger partial charge in [-0.2, -0.15) is 5.26 Å². The fourth-order valence-electron chi connectivity index (χ4n) is 1.17. The highest BCUT2D eigenvalue weighted by Crippen LogP contribution is 2.31. The third-order valence-electron chi connectivity index (χ3n) is 2.46. The molecule has 5 heteroatoms. The molecule has 0 spiro atoms. The summed E-state index contributed by atoms with van der Waals surface area (Å²) in [5.74, 6) is -0.236. The summed E-state index contributed by atoms with van der Waals surface area (Å²) in [6, 6.07) is 2.10. The summed E-state index contributed by atoms with van der Waals surface area (Å²) in [6.45, 7) is 5.46. The minimum Gasteiger partial charge on any atom is -0.372 e. The Balaban J connectivity index is 2.95. The van der Waals surface area contributed by atoms with Gasteiger partial charge in [-0.15, -0.1) is 11.3 Å². The Hall–Kier alpha value is -1.38. The second kappa shape index (κ2) is 5.10. The van der Waals surface area contributed by atoms with Crippen molar-refractivity contribution in [2.75, 3.05) is 12.4 Å². The molecule has 0 aliphatic heterocycles. The molecular weight excluding hydrogens is 224 g/mol. The van der Waals surface area contributed by atoms with Crippen molar-refractivity contribution < 1.29 is 9.53 Å². The summed E-state index contributed by atoms with van der Waals surface area (Å²) in [4.78, 5) is 12.6.